The summed E-state index contributed by atoms with van der Waals surface area (Å²) in [6.45, 7) is 1.56. The van der Waals surface area contributed by atoms with E-state index in [1.165, 1.54) is 0 Å². The standard InChI is InChI=1S/C15H16N2O4/c18-11-3-5-17(6-4-11)8-13(19)10-1-2-14-12(7-10)16-15(20)9-21-14/h1-2,7H,3-6,8-9H2,(H,16,20). The number of ether oxygens (including phenoxy) is 1. The van der Waals surface area contributed by atoms with Crippen LogP contribution in [0.15, 0.2) is 18.2 Å². The average molecular weight is 288 g/mol. The second-order valence-electron chi connectivity index (χ2n) is 5.29. The monoisotopic (exact) mass is 288 g/mol. The maximum Gasteiger partial charge on any atom is 0.262 e. The number of carbonyl (C=O) groups is 3. The van der Waals surface area contributed by atoms with Crippen molar-refractivity contribution in [3.63, 3.8) is 0 Å². The molecular formula is C15H16N2O4. The van der Waals surface area contributed by atoms with Crippen LogP contribution in [0.3, 0.4) is 0 Å². The van der Waals surface area contributed by atoms with Crippen LogP contribution in [0.1, 0.15) is 23.2 Å². The van der Waals surface area contributed by atoms with Gasteiger partial charge in [0, 0.05) is 31.5 Å². The van der Waals surface area contributed by atoms with Gasteiger partial charge in [0.05, 0.1) is 12.2 Å². The zero-order chi connectivity index (χ0) is 14.8. The molecule has 6 nitrogen and oxygen atoms in total. The highest BCUT2D eigenvalue weighted by Crippen LogP contribution is 2.28. The Kier molecular flexibility index (Phi) is 3.70. The zero-order valence-corrected chi connectivity index (χ0v) is 11.6. The average Bonchev–Trinajstić information content (AvgIpc) is 2.48. The third kappa shape index (κ3) is 3.11. The lowest BCUT2D eigenvalue weighted by Gasteiger charge is -2.25. The van der Waals surface area contributed by atoms with Crippen molar-refractivity contribution in [1.82, 2.24) is 4.90 Å². The van der Waals surface area contributed by atoms with Crippen molar-refractivity contribution >= 4 is 23.2 Å². The number of hydrogen-bond donors (Lipinski definition) is 1. The molecule has 0 radical (unpaired) electrons. The lowest BCUT2D eigenvalue weighted by atomic mass is 10.1. The van der Waals surface area contributed by atoms with Gasteiger partial charge in [-0.1, -0.05) is 0 Å². The van der Waals surface area contributed by atoms with E-state index in [1.807, 2.05) is 4.90 Å². The molecule has 2 aliphatic rings. The predicted molar refractivity (Wildman–Crippen MR) is 75.6 cm³/mol. The summed E-state index contributed by atoms with van der Waals surface area (Å²) in [4.78, 5) is 36.7. The number of piperidine rings is 1. The van der Waals surface area contributed by atoms with Crippen molar-refractivity contribution < 1.29 is 19.1 Å². The van der Waals surface area contributed by atoms with E-state index in [-0.39, 0.29) is 24.1 Å². The van der Waals surface area contributed by atoms with Crippen molar-refractivity contribution in [1.29, 1.82) is 0 Å². The van der Waals surface area contributed by atoms with Gasteiger partial charge in [0.15, 0.2) is 12.4 Å². The summed E-state index contributed by atoms with van der Waals surface area (Å²) in [5, 5.41) is 2.69. The number of likely N-dealkylation sites (tertiary alicyclic amines) is 1. The quantitative estimate of drug-likeness (QED) is 0.835. The summed E-state index contributed by atoms with van der Waals surface area (Å²) >= 11 is 0. The molecule has 0 aliphatic carbocycles. The number of Topliss-reactive ketones (excluding diaryl/α,β-unsaturated/α-hetero) is 2. The number of rotatable bonds is 3. The van der Waals surface area contributed by atoms with Gasteiger partial charge in [0.25, 0.3) is 5.91 Å². The fraction of sp³-hybridized carbons (Fsp3) is 0.400. The molecule has 2 aliphatic heterocycles. The Bertz CT molecular complexity index is 602. The van der Waals surface area contributed by atoms with Crippen LogP contribution in [-0.4, -0.2) is 48.6 Å². The minimum Gasteiger partial charge on any atom is -0.482 e. The molecule has 1 amide bonds. The largest absolute Gasteiger partial charge is 0.482 e. The van der Waals surface area contributed by atoms with Crippen molar-refractivity contribution in [3.8, 4) is 5.75 Å². The number of amides is 1. The van der Waals surface area contributed by atoms with E-state index >= 15 is 0 Å². The van der Waals surface area contributed by atoms with E-state index in [9.17, 15) is 14.4 Å². The van der Waals surface area contributed by atoms with E-state index in [2.05, 4.69) is 5.32 Å². The normalized spacial score (nSPS) is 18.7. The van der Waals surface area contributed by atoms with Gasteiger partial charge < -0.3 is 10.1 Å². The first-order chi connectivity index (χ1) is 10.1. The second kappa shape index (κ2) is 5.65. The van der Waals surface area contributed by atoms with E-state index in [4.69, 9.17) is 4.74 Å². The van der Waals surface area contributed by atoms with Crippen LogP contribution < -0.4 is 10.1 Å². The molecule has 0 atom stereocenters. The zero-order valence-electron chi connectivity index (χ0n) is 11.6. The molecular weight excluding hydrogens is 272 g/mol. The number of nitrogens with zero attached hydrogens (tertiary/aromatic N) is 1. The summed E-state index contributed by atoms with van der Waals surface area (Å²) < 4.78 is 5.26. The molecule has 1 N–H and O–H groups in total. The molecule has 0 bridgehead atoms. The number of hydrogen-bond acceptors (Lipinski definition) is 5. The minimum atomic E-state index is -0.221. The highest BCUT2D eigenvalue weighted by molar-refractivity contribution is 6.01. The number of benzene rings is 1. The van der Waals surface area contributed by atoms with Gasteiger partial charge in [-0.3, -0.25) is 19.3 Å². The summed E-state index contributed by atoms with van der Waals surface area (Å²) in [7, 11) is 0. The fourth-order valence-electron chi connectivity index (χ4n) is 2.51. The summed E-state index contributed by atoms with van der Waals surface area (Å²) in [5.74, 6) is 0.593. The lowest BCUT2D eigenvalue weighted by molar-refractivity contribution is -0.121. The molecule has 110 valence electrons. The Morgan fingerprint density at radius 2 is 2.00 bits per heavy atom. The smallest absolute Gasteiger partial charge is 0.262 e. The highest BCUT2D eigenvalue weighted by atomic mass is 16.5. The molecule has 6 heteroatoms. The molecule has 1 aromatic carbocycles. The number of carbonyl (C=O) groups excluding carboxylic acids is 3. The molecule has 21 heavy (non-hydrogen) atoms. The molecule has 0 spiro atoms. The molecule has 0 saturated carbocycles. The Hall–Kier alpha value is -2.21. The van der Waals surface area contributed by atoms with Gasteiger partial charge >= 0.3 is 0 Å². The van der Waals surface area contributed by atoms with Crippen LogP contribution in [0.4, 0.5) is 5.69 Å². The van der Waals surface area contributed by atoms with Crippen LogP contribution in [0.25, 0.3) is 0 Å². The predicted octanol–water partition coefficient (Wildman–Crippen LogP) is 0.865. The van der Waals surface area contributed by atoms with E-state index in [0.29, 0.717) is 49.5 Å². The van der Waals surface area contributed by atoms with Gasteiger partial charge in [0.2, 0.25) is 0 Å². The Morgan fingerprint density at radius 3 is 2.76 bits per heavy atom. The lowest BCUT2D eigenvalue weighted by Crippen LogP contribution is -2.37. The van der Waals surface area contributed by atoms with E-state index in [0.717, 1.165) is 0 Å². The summed E-state index contributed by atoms with van der Waals surface area (Å²) in [5.41, 5.74) is 1.07. The summed E-state index contributed by atoms with van der Waals surface area (Å²) in [6.07, 6.45) is 1.03. The van der Waals surface area contributed by atoms with Crippen LogP contribution in [0.2, 0.25) is 0 Å². The van der Waals surface area contributed by atoms with Crippen LogP contribution in [-0.2, 0) is 9.59 Å². The molecule has 1 aromatic rings. The topological polar surface area (TPSA) is 75.7 Å². The van der Waals surface area contributed by atoms with Crippen LogP contribution in [0, 0.1) is 0 Å². The van der Waals surface area contributed by atoms with Gasteiger partial charge in [0.1, 0.15) is 11.5 Å². The number of anilines is 1. The van der Waals surface area contributed by atoms with E-state index < -0.39 is 0 Å². The third-order valence-electron chi connectivity index (χ3n) is 3.72. The Labute approximate surface area is 122 Å². The van der Waals surface area contributed by atoms with Crippen molar-refractivity contribution in [2.75, 3.05) is 31.6 Å². The first-order valence-electron chi connectivity index (χ1n) is 6.96. The molecule has 0 aromatic heterocycles. The number of fused-ring (bicyclic) bond motifs is 1. The number of nitrogens with one attached hydrogen (secondary N) is 1. The minimum absolute atomic E-state index is 0.00208. The molecule has 1 fully saturated rings. The Morgan fingerprint density at radius 1 is 1.24 bits per heavy atom. The van der Waals surface area contributed by atoms with Crippen LogP contribution in [0.5, 0.6) is 5.75 Å². The SMILES string of the molecule is O=C1CCN(CC(=O)c2ccc3c(c2)NC(=O)CO3)CC1. The third-order valence-corrected chi connectivity index (χ3v) is 3.72. The molecule has 0 unspecified atom stereocenters. The van der Waals surface area contributed by atoms with Gasteiger partial charge in [-0.05, 0) is 18.2 Å². The van der Waals surface area contributed by atoms with Crippen molar-refractivity contribution in [2.24, 2.45) is 0 Å². The fourth-order valence-corrected chi connectivity index (χ4v) is 2.51. The summed E-state index contributed by atoms with van der Waals surface area (Å²) in [6, 6.07) is 5.04. The van der Waals surface area contributed by atoms with Gasteiger partial charge in [-0.25, -0.2) is 0 Å². The first kappa shape index (κ1) is 13.8. The van der Waals surface area contributed by atoms with Gasteiger partial charge in [-0.15, -0.1) is 0 Å². The second-order valence-corrected chi connectivity index (χ2v) is 5.29. The van der Waals surface area contributed by atoms with Gasteiger partial charge in [-0.2, -0.15) is 0 Å². The molecule has 1 saturated heterocycles. The van der Waals surface area contributed by atoms with Crippen molar-refractivity contribution in [2.45, 2.75) is 12.8 Å². The molecule has 3 rings (SSSR count). The van der Waals surface area contributed by atoms with Crippen LogP contribution >= 0.6 is 0 Å². The maximum atomic E-state index is 12.3. The first-order valence-corrected chi connectivity index (χ1v) is 6.96. The van der Waals surface area contributed by atoms with E-state index in [1.54, 1.807) is 18.2 Å². The number of ketones is 2. The molecule has 2 heterocycles. The maximum absolute atomic E-state index is 12.3. The highest BCUT2D eigenvalue weighted by Gasteiger charge is 2.21. The van der Waals surface area contributed by atoms with Crippen molar-refractivity contribution in [3.05, 3.63) is 23.8 Å². The Balaban J connectivity index is 1.69.